The molecule has 2 nitrogen and oxygen atoms in total. The standard InChI is InChI=1S/C15H20BrNO/c16-14(13-8-2-1-3-9-13)11-17-15(18)10-12-6-4-5-7-12/h1-3,8-9,12,14H,4-7,10-11H2,(H,17,18). The van der Waals surface area contributed by atoms with Crippen LogP contribution in [0.4, 0.5) is 0 Å². The first-order valence-electron chi connectivity index (χ1n) is 6.71. The number of carbonyl (C=O) groups is 1. The predicted molar refractivity (Wildman–Crippen MR) is 77.7 cm³/mol. The molecule has 2 rings (SSSR count). The van der Waals surface area contributed by atoms with Gasteiger partial charge in [-0.25, -0.2) is 0 Å². The van der Waals surface area contributed by atoms with E-state index in [2.05, 4.69) is 33.4 Å². The maximum Gasteiger partial charge on any atom is 0.220 e. The van der Waals surface area contributed by atoms with Crippen LogP contribution in [0.3, 0.4) is 0 Å². The number of alkyl halides is 1. The van der Waals surface area contributed by atoms with Crippen LogP contribution in [0.25, 0.3) is 0 Å². The summed E-state index contributed by atoms with van der Waals surface area (Å²) in [6.45, 7) is 0.662. The lowest BCUT2D eigenvalue weighted by Crippen LogP contribution is -2.28. The van der Waals surface area contributed by atoms with Crippen molar-refractivity contribution in [1.29, 1.82) is 0 Å². The van der Waals surface area contributed by atoms with Gasteiger partial charge >= 0.3 is 0 Å². The van der Waals surface area contributed by atoms with Crippen LogP contribution in [0.1, 0.15) is 42.5 Å². The number of nitrogens with one attached hydrogen (secondary N) is 1. The molecule has 0 heterocycles. The molecule has 1 amide bonds. The van der Waals surface area contributed by atoms with Gasteiger partial charge in [-0.3, -0.25) is 4.79 Å². The van der Waals surface area contributed by atoms with Crippen LogP contribution in [-0.4, -0.2) is 12.5 Å². The Hall–Kier alpha value is -0.830. The van der Waals surface area contributed by atoms with Gasteiger partial charge < -0.3 is 5.32 Å². The molecule has 98 valence electrons. The lowest BCUT2D eigenvalue weighted by molar-refractivity contribution is -0.121. The highest BCUT2D eigenvalue weighted by atomic mass is 79.9. The Balaban J connectivity index is 1.72. The fourth-order valence-electron chi connectivity index (χ4n) is 2.53. The summed E-state index contributed by atoms with van der Waals surface area (Å²) in [6.07, 6.45) is 5.74. The van der Waals surface area contributed by atoms with Gasteiger partial charge in [-0.05, 0) is 24.3 Å². The van der Waals surface area contributed by atoms with Crippen LogP contribution < -0.4 is 5.32 Å². The van der Waals surface area contributed by atoms with Crippen molar-refractivity contribution < 1.29 is 4.79 Å². The maximum atomic E-state index is 11.8. The molecule has 1 aromatic rings. The number of halogens is 1. The summed E-state index contributed by atoms with van der Waals surface area (Å²) in [6, 6.07) is 10.2. The summed E-state index contributed by atoms with van der Waals surface area (Å²) < 4.78 is 0. The fourth-order valence-corrected chi connectivity index (χ4v) is 3.00. The van der Waals surface area contributed by atoms with Crippen LogP contribution in [0.15, 0.2) is 30.3 Å². The normalized spacial score (nSPS) is 17.6. The summed E-state index contributed by atoms with van der Waals surface area (Å²) in [5, 5.41) is 3.02. The monoisotopic (exact) mass is 309 g/mol. The largest absolute Gasteiger partial charge is 0.355 e. The van der Waals surface area contributed by atoms with Gasteiger partial charge in [-0.15, -0.1) is 0 Å². The van der Waals surface area contributed by atoms with Gasteiger partial charge in [0, 0.05) is 13.0 Å². The van der Waals surface area contributed by atoms with Gasteiger partial charge in [-0.2, -0.15) is 0 Å². The SMILES string of the molecule is O=C(CC1CCCC1)NCC(Br)c1ccccc1. The van der Waals surface area contributed by atoms with Crippen molar-refractivity contribution in [3.05, 3.63) is 35.9 Å². The molecule has 1 aliphatic rings. The predicted octanol–water partition coefficient (Wildman–Crippen LogP) is 3.82. The molecule has 1 aromatic carbocycles. The molecule has 0 spiro atoms. The van der Waals surface area contributed by atoms with Crippen molar-refractivity contribution in [1.82, 2.24) is 5.32 Å². The van der Waals surface area contributed by atoms with Gasteiger partial charge in [0.1, 0.15) is 0 Å². The van der Waals surface area contributed by atoms with Crippen LogP contribution in [0.2, 0.25) is 0 Å². The van der Waals surface area contributed by atoms with E-state index in [1.807, 2.05) is 18.2 Å². The minimum absolute atomic E-state index is 0.197. The molecule has 3 heteroatoms. The zero-order valence-electron chi connectivity index (χ0n) is 10.6. The van der Waals surface area contributed by atoms with Gasteiger partial charge in [-0.1, -0.05) is 59.1 Å². The van der Waals surface area contributed by atoms with E-state index in [0.29, 0.717) is 18.9 Å². The molecule has 1 atom stereocenters. The zero-order valence-corrected chi connectivity index (χ0v) is 12.2. The first kappa shape index (κ1) is 13.6. The van der Waals surface area contributed by atoms with Gasteiger partial charge in [0.15, 0.2) is 0 Å². The Morgan fingerprint density at radius 3 is 2.61 bits per heavy atom. The van der Waals surface area contributed by atoms with Crippen molar-refractivity contribution in [2.24, 2.45) is 5.92 Å². The van der Waals surface area contributed by atoms with Crippen molar-refractivity contribution in [3.8, 4) is 0 Å². The molecule has 18 heavy (non-hydrogen) atoms. The second-order valence-electron chi connectivity index (χ2n) is 5.04. The minimum Gasteiger partial charge on any atom is -0.355 e. The van der Waals surface area contributed by atoms with Gasteiger partial charge in [0.25, 0.3) is 0 Å². The topological polar surface area (TPSA) is 29.1 Å². The Labute approximate surface area is 117 Å². The molecule has 0 saturated heterocycles. The molecule has 0 aromatic heterocycles. The second kappa shape index (κ2) is 6.93. The van der Waals surface area contributed by atoms with E-state index in [1.165, 1.54) is 31.2 Å². The third kappa shape index (κ3) is 4.13. The number of hydrogen-bond donors (Lipinski definition) is 1. The smallest absolute Gasteiger partial charge is 0.220 e. The van der Waals surface area contributed by atoms with E-state index in [4.69, 9.17) is 0 Å². The lowest BCUT2D eigenvalue weighted by Gasteiger charge is -2.13. The summed E-state index contributed by atoms with van der Waals surface area (Å²) >= 11 is 3.61. The average Bonchev–Trinajstić information content (AvgIpc) is 2.90. The Morgan fingerprint density at radius 2 is 1.94 bits per heavy atom. The fraction of sp³-hybridized carbons (Fsp3) is 0.533. The van der Waals surface area contributed by atoms with E-state index >= 15 is 0 Å². The summed E-state index contributed by atoms with van der Waals surface area (Å²) in [7, 11) is 0. The third-order valence-corrected chi connectivity index (χ3v) is 4.44. The molecule has 0 radical (unpaired) electrons. The van der Waals surface area contributed by atoms with Crippen molar-refractivity contribution >= 4 is 21.8 Å². The first-order valence-corrected chi connectivity index (χ1v) is 7.63. The molecular weight excluding hydrogens is 290 g/mol. The lowest BCUT2D eigenvalue weighted by atomic mass is 10.0. The third-order valence-electron chi connectivity index (χ3n) is 3.59. The Morgan fingerprint density at radius 1 is 1.28 bits per heavy atom. The van der Waals surface area contributed by atoms with E-state index in [0.717, 1.165) is 0 Å². The van der Waals surface area contributed by atoms with Crippen molar-refractivity contribution in [2.45, 2.75) is 36.9 Å². The van der Waals surface area contributed by atoms with Crippen molar-refractivity contribution in [2.75, 3.05) is 6.54 Å². The maximum absolute atomic E-state index is 11.8. The van der Waals surface area contributed by atoms with Crippen LogP contribution in [-0.2, 0) is 4.79 Å². The molecular formula is C15H20BrNO. The molecule has 1 N–H and O–H groups in total. The van der Waals surface area contributed by atoms with Crippen molar-refractivity contribution in [3.63, 3.8) is 0 Å². The van der Waals surface area contributed by atoms with Crippen LogP contribution in [0.5, 0.6) is 0 Å². The average molecular weight is 310 g/mol. The van der Waals surface area contributed by atoms with Crippen LogP contribution in [0, 0.1) is 5.92 Å². The number of carbonyl (C=O) groups excluding carboxylic acids is 1. The number of amides is 1. The second-order valence-corrected chi connectivity index (χ2v) is 6.14. The molecule has 1 saturated carbocycles. The van der Waals surface area contributed by atoms with Gasteiger partial charge in [0.05, 0.1) is 4.83 Å². The highest BCUT2D eigenvalue weighted by Gasteiger charge is 2.18. The number of rotatable bonds is 5. The Bertz CT molecular complexity index is 373. The Kier molecular flexibility index (Phi) is 5.24. The molecule has 0 aliphatic heterocycles. The molecule has 1 aliphatic carbocycles. The highest BCUT2D eigenvalue weighted by molar-refractivity contribution is 9.09. The minimum atomic E-state index is 0.197. The van der Waals surface area contributed by atoms with Gasteiger partial charge in [0.2, 0.25) is 5.91 Å². The van der Waals surface area contributed by atoms with E-state index < -0.39 is 0 Å². The summed E-state index contributed by atoms with van der Waals surface area (Å²) in [4.78, 5) is 12.0. The molecule has 1 fully saturated rings. The van der Waals surface area contributed by atoms with E-state index in [1.54, 1.807) is 0 Å². The van der Waals surface area contributed by atoms with Crippen LogP contribution >= 0.6 is 15.9 Å². The highest BCUT2D eigenvalue weighted by Crippen LogP contribution is 2.27. The molecule has 0 bridgehead atoms. The first-order chi connectivity index (χ1) is 8.75. The summed E-state index contributed by atoms with van der Waals surface area (Å²) in [5.41, 5.74) is 1.21. The molecule has 1 unspecified atom stereocenters. The van der Waals surface area contributed by atoms with E-state index in [9.17, 15) is 4.79 Å². The number of benzene rings is 1. The number of hydrogen-bond acceptors (Lipinski definition) is 1. The zero-order chi connectivity index (χ0) is 12.8. The van der Waals surface area contributed by atoms with E-state index in [-0.39, 0.29) is 10.7 Å². The quantitative estimate of drug-likeness (QED) is 0.823. The summed E-state index contributed by atoms with van der Waals surface area (Å²) in [5.74, 6) is 0.817.